The highest BCUT2D eigenvalue weighted by atomic mass is 32.2. The Balaban J connectivity index is 1.50. The zero-order valence-electron chi connectivity index (χ0n) is 18.0. The average Bonchev–Trinajstić information content (AvgIpc) is 3.34. The minimum Gasteiger partial charge on any atom is -0.459 e. The van der Waals surface area contributed by atoms with Crippen molar-refractivity contribution >= 4 is 25.8 Å². The van der Waals surface area contributed by atoms with E-state index in [1.54, 1.807) is 42.2 Å². The first-order valence-corrected chi connectivity index (χ1v) is 13.4. The van der Waals surface area contributed by atoms with Crippen LogP contribution >= 0.6 is 0 Å². The van der Waals surface area contributed by atoms with E-state index >= 15 is 0 Å². The number of carbonyl (C=O) groups excluding carboxylic acids is 1. The third-order valence-corrected chi connectivity index (χ3v) is 9.08. The van der Waals surface area contributed by atoms with E-state index < -0.39 is 19.9 Å². The molecule has 2 heterocycles. The van der Waals surface area contributed by atoms with Crippen LogP contribution in [-0.4, -0.2) is 46.8 Å². The number of sulfone groups is 1. The molecule has 1 amide bonds. The number of likely N-dealkylation sites (tertiary alicyclic amines) is 1. The van der Waals surface area contributed by atoms with Crippen LogP contribution in [0.5, 0.6) is 0 Å². The van der Waals surface area contributed by atoms with Crippen molar-refractivity contribution in [1.29, 1.82) is 0 Å². The van der Waals surface area contributed by atoms with Gasteiger partial charge < -0.3 is 9.32 Å². The molecule has 0 unspecified atom stereocenters. The SMILES string of the molecule is Cc1ccc(S(=O)(=O)c2ccccc2)cc1S(=O)(=O)NC1CCN(C(=O)c2ccco2)CC1. The van der Waals surface area contributed by atoms with E-state index in [0.717, 1.165) is 0 Å². The summed E-state index contributed by atoms with van der Waals surface area (Å²) in [6.07, 6.45) is 2.31. The number of aryl methyl sites for hydroxylation is 1. The van der Waals surface area contributed by atoms with Crippen LogP contribution in [0.25, 0.3) is 0 Å². The highest BCUT2D eigenvalue weighted by Gasteiger charge is 2.29. The molecule has 0 radical (unpaired) electrons. The normalized spacial score (nSPS) is 15.5. The molecule has 1 fully saturated rings. The quantitative estimate of drug-likeness (QED) is 0.571. The highest BCUT2D eigenvalue weighted by Crippen LogP contribution is 2.26. The van der Waals surface area contributed by atoms with Crippen LogP contribution in [0.4, 0.5) is 0 Å². The Morgan fingerprint density at radius 3 is 2.27 bits per heavy atom. The van der Waals surface area contributed by atoms with Crippen LogP contribution in [0.1, 0.15) is 29.0 Å². The molecular formula is C23H24N2O6S2. The smallest absolute Gasteiger partial charge is 0.289 e. The first-order chi connectivity index (χ1) is 15.7. The van der Waals surface area contributed by atoms with Gasteiger partial charge in [-0.05, 0) is 61.7 Å². The number of carbonyl (C=O) groups is 1. The van der Waals surface area contributed by atoms with Gasteiger partial charge in [0.25, 0.3) is 5.91 Å². The number of hydrogen-bond acceptors (Lipinski definition) is 6. The largest absolute Gasteiger partial charge is 0.459 e. The molecule has 8 nitrogen and oxygen atoms in total. The van der Waals surface area contributed by atoms with Crippen molar-refractivity contribution in [2.45, 2.75) is 40.5 Å². The lowest BCUT2D eigenvalue weighted by Gasteiger charge is -2.31. The number of nitrogens with zero attached hydrogens (tertiary/aromatic N) is 1. The molecule has 3 aromatic rings. The molecule has 1 N–H and O–H groups in total. The van der Waals surface area contributed by atoms with Gasteiger partial charge in [0.15, 0.2) is 5.76 Å². The van der Waals surface area contributed by atoms with Crippen molar-refractivity contribution < 1.29 is 26.0 Å². The van der Waals surface area contributed by atoms with Crippen molar-refractivity contribution in [2.24, 2.45) is 0 Å². The monoisotopic (exact) mass is 488 g/mol. The van der Waals surface area contributed by atoms with Gasteiger partial charge in [0, 0.05) is 19.1 Å². The van der Waals surface area contributed by atoms with Gasteiger partial charge in [-0.25, -0.2) is 21.6 Å². The van der Waals surface area contributed by atoms with Crippen LogP contribution in [0.3, 0.4) is 0 Å². The van der Waals surface area contributed by atoms with E-state index in [0.29, 0.717) is 31.5 Å². The fourth-order valence-electron chi connectivity index (χ4n) is 3.81. The van der Waals surface area contributed by atoms with E-state index in [1.165, 1.54) is 36.6 Å². The predicted octanol–water partition coefficient (Wildman–Crippen LogP) is 3.00. The number of nitrogens with one attached hydrogen (secondary N) is 1. The predicted molar refractivity (Wildman–Crippen MR) is 121 cm³/mol. The van der Waals surface area contributed by atoms with Gasteiger partial charge in [0.1, 0.15) is 0 Å². The fraction of sp³-hybridized carbons (Fsp3) is 0.261. The van der Waals surface area contributed by atoms with E-state index in [-0.39, 0.29) is 32.4 Å². The van der Waals surface area contributed by atoms with Crippen molar-refractivity contribution in [2.75, 3.05) is 13.1 Å². The van der Waals surface area contributed by atoms with Crippen LogP contribution in [0.15, 0.2) is 86.0 Å². The van der Waals surface area contributed by atoms with Crippen molar-refractivity contribution in [3.63, 3.8) is 0 Å². The van der Waals surface area contributed by atoms with E-state index in [1.807, 2.05) is 0 Å². The molecule has 0 spiro atoms. The zero-order chi connectivity index (χ0) is 23.6. The summed E-state index contributed by atoms with van der Waals surface area (Å²) in [6, 6.07) is 14.9. The molecule has 33 heavy (non-hydrogen) atoms. The molecule has 1 aliphatic rings. The van der Waals surface area contributed by atoms with E-state index in [4.69, 9.17) is 4.42 Å². The molecule has 4 rings (SSSR count). The molecule has 0 atom stereocenters. The van der Waals surface area contributed by atoms with Crippen LogP contribution in [0.2, 0.25) is 0 Å². The summed E-state index contributed by atoms with van der Waals surface area (Å²) in [4.78, 5) is 14.0. The molecule has 174 valence electrons. The number of sulfonamides is 1. The number of rotatable bonds is 6. The maximum atomic E-state index is 13.1. The summed E-state index contributed by atoms with van der Waals surface area (Å²) < 4.78 is 60.0. The van der Waals surface area contributed by atoms with Gasteiger partial charge >= 0.3 is 0 Å². The maximum Gasteiger partial charge on any atom is 0.289 e. The number of furan rings is 1. The van der Waals surface area contributed by atoms with Gasteiger partial charge in [0.2, 0.25) is 19.9 Å². The first-order valence-electron chi connectivity index (χ1n) is 10.4. The van der Waals surface area contributed by atoms with Gasteiger partial charge in [-0.1, -0.05) is 24.3 Å². The van der Waals surface area contributed by atoms with Gasteiger partial charge in [-0.3, -0.25) is 4.79 Å². The molecule has 1 saturated heterocycles. The number of hydrogen-bond donors (Lipinski definition) is 1. The summed E-state index contributed by atoms with van der Waals surface area (Å²) in [5, 5.41) is 0. The Kier molecular flexibility index (Phi) is 6.42. The Hall–Kier alpha value is -2.95. The summed E-state index contributed by atoms with van der Waals surface area (Å²) in [6.45, 7) is 2.39. The fourth-order valence-corrected chi connectivity index (χ4v) is 6.77. The average molecular weight is 489 g/mol. The van der Waals surface area contributed by atoms with Crippen molar-refractivity contribution in [3.8, 4) is 0 Å². The summed E-state index contributed by atoms with van der Waals surface area (Å²) in [7, 11) is -7.83. The molecule has 1 aliphatic heterocycles. The summed E-state index contributed by atoms with van der Waals surface area (Å²) >= 11 is 0. The lowest BCUT2D eigenvalue weighted by molar-refractivity contribution is 0.0679. The molecule has 0 saturated carbocycles. The lowest BCUT2D eigenvalue weighted by Crippen LogP contribution is -2.46. The summed E-state index contributed by atoms with van der Waals surface area (Å²) in [5.74, 6) is 0.0251. The highest BCUT2D eigenvalue weighted by molar-refractivity contribution is 7.91. The van der Waals surface area contributed by atoms with E-state index in [9.17, 15) is 21.6 Å². The second-order valence-corrected chi connectivity index (χ2v) is 11.5. The van der Waals surface area contributed by atoms with Crippen LogP contribution in [0, 0.1) is 6.92 Å². The molecule has 0 aliphatic carbocycles. The van der Waals surface area contributed by atoms with Crippen molar-refractivity contribution in [3.05, 3.63) is 78.3 Å². The van der Waals surface area contributed by atoms with Crippen LogP contribution < -0.4 is 4.72 Å². The topological polar surface area (TPSA) is 114 Å². The Bertz CT molecular complexity index is 1340. The zero-order valence-corrected chi connectivity index (χ0v) is 19.6. The lowest BCUT2D eigenvalue weighted by atomic mass is 10.1. The van der Waals surface area contributed by atoms with Crippen LogP contribution in [-0.2, 0) is 19.9 Å². The van der Waals surface area contributed by atoms with Gasteiger partial charge in [-0.2, -0.15) is 0 Å². The van der Waals surface area contributed by atoms with E-state index in [2.05, 4.69) is 4.72 Å². The summed E-state index contributed by atoms with van der Waals surface area (Å²) in [5.41, 5.74) is 0.444. The minimum atomic E-state index is -3.97. The van der Waals surface area contributed by atoms with Gasteiger partial charge in [0.05, 0.1) is 20.9 Å². The molecule has 2 aromatic carbocycles. The third kappa shape index (κ3) is 4.87. The number of piperidine rings is 1. The second-order valence-electron chi connectivity index (χ2n) is 7.91. The maximum absolute atomic E-state index is 13.1. The van der Waals surface area contributed by atoms with Crippen molar-refractivity contribution in [1.82, 2.24) is 9.62 Å². The minimum absolute atomic E-state index is 0.0754. The molecule has 10 heteroatoms. The standard InChI is InChI=1S/C23H24N2O6S2/c1-17-9-10-20(32(27,28)19-6-3-2-4-7-19)16-22(17)33(29,30)24-18-11-13-25(14-12-18)23(26)21-8-5-15-31-21/h2-10,15-16,18,24H,11-14H2,1H3. The number of benzene rings is 2. The number of amides is 1. The first kappa shape index (κ1) is 23.2. The Morgan fingerprint density at radius 1 is 0.939 bits per heavy atom. The Morgan fingerprint density at radius 2 is 1.64 bits per heavy atom. The molecular weight excluding hydrogens is 464 g/mol. The van der Waals surface area contributed by atoms with Gasteiger partial charge in [-0.15, -0.1) is 0 Å². The second kappa shape index (κ2) is 9.12. The Labute approximate surface area is 193 Å². The molecule has 1 aromatic heterocycles. The third-order valence-electron chi connectivity index (χ3n) is 5.65. The molecule has 0 bridgehead atoms.